The molecule has 4 rings (SSSR count). The Morgan fingerprint density at radius 3 is 2.93 bits per heavy atom. The van der Waals surface area contributed by atoms with Crippen molar-refractivity contribution in [3.8, 4) is 0 Å². The summed E-state index contributed by atoms with van der Waals surface area (Å²) in [6.07, 6.45) is 2.91. The number of carbonyl (C=O) groups is 3. The smallest absolute Gasteiger partial charge is 0.325 e. The molecule has 0 unspecified atom stereocenters. The van der Waals surface area contributed by atoms with Crippen molar-refractivity contribution < 1.29 is 14.4 Å². The molecule has 2 heterocycles. The fraction of sp³-hybridized carbons (Fsp3) is 0.333. The molecule has 0 radical (unpaired) electrons. The molecular weight excluding hydrogens is 388 g/mol. The highest BCUT2D eigenvalue weighted by atomic mass is 35.5. The normalized spacial score (nSPS) is 18.6. The summed E-state index contributed by atoms with van der Waals surface area (Å²) in [6, 6.07) is 5.61. The number of rotatable bonds is 5. The minimum atomic E-state index is -0.883. The van der Waals surface area contributed by atoms with Gasteiger partial charge in [-0.05, 0) is 30.9 Å². The average molecular weight is 405 g/mol. The second kappa shape index (κ2) is 7.28. The summed E-state index contributed by atoms with van der Waals surface area (Å²) < 4.78 is 0. The zero-order chi connectivity index (χ0) is 19.0. The van der Waals surface area contributed by atoms with Crippen molar-refractivity contribution in [2.45, 2.75) is 38.3 Å². The van der Waals surface area contributed by atoms with Crippen molar-refractivity contribution in [2.24, 2.45) is 0 Å². The first-order valence-electron chi connectivity index (χ1n) is 8.65. The molecule has 0 bridgehead atoms. The van der Waals surface area contributed by atoms with Gasteiger partial charge in [0.25, 0.3) is 5.91 Å². The summed E-state index contributed by atoms with van der Waals surface area (Å²) in [4.78, 5) is 43.7. The SMILES string of the molecule is O=C(C[C@@H]1NC(=O)N(Cc2ccccc2Cl)C1=O)Nc1nc2c(s1)CCC2. The topological polar surface area (TPSA) is 91.4 Å². The van der Waals surface area contributed by atoms with Gasteiger partial charge in [0, 0.05) is 9.90 Å². The lowest BCUT2D eigenvalue weighted by atomic mass is 10.1. The number of carbonyl (C=O) groups excluding carboxylic acids is 3. The Labute approximate surface area is 164 Å². The quantitative estimate of drug-likeness (QED) is 0.749. The lowest BCUT2D eigenvalue weighted by molar-refractivity contribution is -0.130. The van der Waals surface area contributed by atoms with Gasteiger partial charge in [-0.15, -0.1) is 11.3 Å². The number of aryl methyl sites for hydroxylation is 2. The molecule has 0 spiro atoms. The van der Waals surface area contributed by atoms with Gasteiger partial charge in [-0.25, -0.2) is 9.78 Å². The van der Waals surface area contributed by atoms with Crippen LogP contribution in [-0.4, -0.2) is 33.8 Å². The lowest BCUT2D eigenvalue weighted by Crippen LogP contribution is -2.34. The van der Waals surface area contributed by atoms with Crippen LogP contribution >= 0.6 is 22.9 Å². The van der Waals surface area contributed by atoms with E-state index in [1.807, 2.05) is 0 Å². The van der Waals surface area contributed by atoms with Gasteiger partial charge in [0.1, 0.15) is 6.04 Å². The number of fused-ring (bicyclic) bond motifs is 1. The van der Waals surface area contributed by atoms with E-state index in [9.17, 15) is 14.4 Å². The standard InChI is InChI=1S/C18H17ClN4O3S/c19-11-5-2-1-4-10(11)9-23-16(25)13(21-18(23)26)8-15(24)22-17-20-12-6-3-7-14(12)27-17/h1-2,4-5,13H,3,6-9H2,(H,21,26)(H,20,22,24)/t13-/m0/s1. The van der Waals surface area contributed by atoms with Crippen LogP contribution in [0.3, 0.4) is 0 Å². The van der Waals surface area contributed by atoms with E-state index < -0.39 is 18.0 Å². The monoisotopic (exact) mass is 404 g/mol. The Bertz CT molecular complexity index is 908. The highest BCUT2D eigenvalue weighted by Gasteiger charge is 2.39. The zero-order valence-corrected chi connectivity index (χ0v) is 15.9. The van der Waals surface area contributed by atoms with Crippen LogP contribution in [0.1, 0.15) is 29.0 Å². The second-order valence-corrected chi connectivity index (χ2v) is 8.00. The summed E-state index contributed by atoms with van der Waals surface area (Å²) in [7, 11) is 0. The molecule has 1 aliphatic heterocycles. The van der Waals surface area contributed by atoms with Crippen molar-refractivity contribution in [2.75, 3.05) is 5.32 Å². The van der Waals surface area contributed by atoms with Crippen molar-refractivity contribution in [3.05, 3.63) is 45.4 Å². The van der Waals surface area contributed by atoms with Crippen LogP contribution in [0.15, 0.2) is 24.3 Å². The molecule has 2 aromatic rings. The van der Waals surface area contributed by atoms with Gasteiger partial charge in [-0.2, -0.15) is 0 Å². The molecule has 2 N–H and O–H groups in total. The maximum absolute atomic E-state index is 12.5. The molecule has 7 nitrogen and oxygen atoms in total. The molecule has 0 saturated carbocycles. The Morgan fingerprint density at radius 1 is 1.33 bits per heavy atom. The predicted octanol–water partition coefficient (Wildman–Crippen LogP) is 2.73. The van der Waals surface area contributed by atoms with Gasteiger partial charge < -0.3 is 10.6 Å². The highest BCUT2D eigenvalue weighted by molar-refractivity contribution is 7.15. The summed E-state index contributed by atoms with van der Waals surface area (Å²) >= 11 is 7.57. The van der Waals surface area contributed by atoms with Gasteiger partial charge in [-0.1, -0.05) is 29.8 Å². The third-order valence-electron chi connectivity index (χ3n) is 4.62. The van der Waals surface area contributed by atoms with E-state index >= 15 is 0 Å². The van der Waals surface area contributed by atoms with Crippen LogP contribution in [0.25, 0.3) is 0 Å². The maximum Gasteiger partial charge on any atom is 0.325 e. The van der Waals surface area contributed by atoms with E-state index in [2.05, 4.69) is 15.6 Å². The Balaban J connectivity index is 1.38. The number of aromatic nitrogens is 1. The molecule has 1 aromatic carbocycles. The van der Waals surface area contributed by atoms with Gasteiger partial charge >= 0.3 is 6.03 Å². The van der Waals surface area contributed by atoms with Crippen LogP contribution in [0.4, 0.5) is 9.93 Å². The first kappa shape index (κ1) is 17.9. The lowest BCUT2D eigenvalue weighted by Gasteiger charge is -2.14. The number of nitrogens with one attached hydrogen (secondary N) is 2. The fourth-order valence-corrected chi connectivity index (χ4v) is 4.52. The molecule has 4 amide bonds. The van der Waals surface area contributed by atoms with E-state index in [1.165, 1.54) is 16.2 Å². The highest BCUT2D eigenvalue weighted by Crippen LogP contribution is 2.30. The number of imide groups is 1. The van der Waals surface area contributed by atoms with E-state index in [4.69, 9.17) is 11.6 Å². The minimum Gasteiger partial charge on any atom is -0.325 e. The van der Waals surface area contributed by atoms with Crippen LogP contribution in [-0.2, 0) is 29.0 Å². The molecule has 140 valence electrons. The van der Waals surface area contributed by atoms with E-state index in [1.54, 1.807) is 24.3 Å². The van der Waals surface area contributed by atoms with Crippen LogP contribution in [0.5, 0.6) is 0 Å². The van der Waals surface area contributed by atoms with E-state index in [0.29, 0.717) is 15.7 Å². The molecule has 1 aliphatic carbocycles. The van der Waals surface area contributed by atoms with Crippen LogP contribution in [0, 0.1) is 0 Å². The largest absolute Gasteiger partial charge is 0.325 e. The third-order valence-corrected chi connectivity index (χ3v) is 6.07. The molecule has 1 atom stereocenters. The maximum atomic E-state index is 12.5. The van der Waals surface area contributed by atoms with E-state index in [0.717, 1.165) is 29.9 Å². The Kier molecular flexibility index (Phi) is 4.84. The second-order valence-electron chi connectivity index (χ2n) is 6.51. The van der Waals surface area contributed by atoms with Crippen molar-refractivity contribution in [3.63, 3.8) is 0 Å². The average Bonchev–Trinajstić information content (AvgIpc) is 3.27. The number of hydrogen-bond donors (Lipinski definition) is 2. The number of amides is 4. The number of anilines is 1. The number of nitrogens with zero attached hydrogens (tertiary/aromatic N) is 2. The first-order chi connectivity index (χ1) is 13.0. The predicted molar refractivity (Wildman–Crippen MR) is 102 cm³/mol. The number of benzene rings is 1. The van der Waals surface area contributed by atoms with Crippen LogP contribution < -0.4 is 10.6 Å². The van der Waals surface area contributed by atoms with Gasteiger partial charge in [0.15, 0.2) is 5.13 Å². The van der Waals surface area contributed by atoms with Gasteiger partial charge in [0.05, 0.1) is 18.7 Å². The molecule has 27 heavy (non-hydrogen) atoms. The molecule has 1 saturated heterocycles. The summed E-state index contributed by atoms with van der Waals surface area (Å²) in [5, 5.41) is 6.33. The molecule has 9 heteroatoms. The number of urea groups is 1. The van der Waals surface area contributed by atoms with Crippen molar-refractivity contribution >= 4 is 45.9 Å². The number of halogens is 1. The fourth-order valence-electron chi connectivity index (χ4n) is 3.26. The van der Waals surface area contributed by atoms with Crippen molar-refractivity contribution in [1.82, 2.24) is 15.2 Å². The van der Waals surface area contributed by atoms with Crippen LogP contribution in [0.2, 0.25) is 5.02 Å². The summed E-state index contributed by atoms with van der Waals surface area (Å²) in [5.41, 5.74) is 1.72. The Hall–Kier alpha value is -2.45. The summed E-state index contributed by atoms with van der Waals surface area (Å²) in [6.45, 7) is 0.0711. The van der Waals surface area contributed by atoms with Crippen molar-refractivity contribution in [1.29, 1.82) is 0 Å². The molecular formula is C18H17ClN4O3S. The Morgan fingerprint density at radius 2 is 2.15 bits per heavy atom. The molecule has 2 aliphatic rings. The molecule has 1 aromatic heterocycles. The van der Waals surface area contributed by atoms with Gasteiger partial charge in [0.2, 0.25) is 5.91 Å². The first-order valence-corrected chi connectivity index (χ1v) is 9.84. The molecule has 1 fully saturated rings. The number of hydrogen-bond acceptors (Lipinski definition) is 5. The van der Waals surface area contributed by atoms with Gasteiger partial charge in [-0.3, -0.25) is 14.5 Å². The number of thiazole rings is 1. The summed E-state index contributed by atoms with van der Waals surface area (Å²) in [5.74, 6) is -0.780. The minimum absolute atomic E-state index is 0.0711. The zero-order valence-electron chi connectivity index (χ0n) is 14.3. The third kappa shape index (κ3) is 3.68. The van der Waals surface area contributed by atoms with E-state index in [-0.39, 0.29) is 18.9 Å².